The molecule has 4 nitrogen and oxygen atoms in total. The lowest BCUT2D eigenvalue weighted by molar-refractivity contribution is -0.0683. The number of hydrogen-bond donors (Lipinski definition) is 0. The molecule has 2 heterocycles. The molecule has 2 fully saturated rings. The van der Waals surface area contributed by atoms with Gasteiger partial charge in [0.05, 0.1) is 12.4 Å². The molecule has 0 saturated carbocycles. The van der Waals surface area contributed by atoms with Crippen molar-refractivity contribution in [3.63, 3.8) is 0 Å². The van der Waals surface area contributed by atoms with E-state index in [0.717, 1.165) is 25.7 Å². The summed E-state index contributed by atoms with van der Waals surface area (Å²) in [4.78, 5) is 2.67. The Kier molecular flexibility index (Phi) is 5.71. The van der Waals surface area contributed by atoms with E-state index < -0.39 is 10.1 Å². The van der Waals surface area contributed by atoms with E-state index in [-0.39, 0.29) is 6.10 Å². The SMILES string of the molecule is CCC[C@@H]1[C@H](CC)[C@H](OS(C)(=O)=O)[C@@H](CC)[C@@H]2CCCN12. The highest BCUT2D eigenvalue weighted by Crippen LogP contribution is 2.44. The van der Waals surface area contributed by atoms with Gasteiger partial charge in [0, 0.05) is 23.9 Å². The molecule has 2 aliphatic rings. The molecule has 2 aliphatic heterocycles. The molecule has 0 N–H and O–H groups in total. The van der Waals surface area contributed by atoms with Crippen molar-refractivity contribution in [2.45, 2.75) is 77.5 Å². The van der Waals surface area contributed by atoms with Crippen molar-refractivity contribution in [1.82, 2.24) is 4.90 Å². The molecule has 0 amide bonds. The number of rotatable bonds is 6. The zero-order valence-electron chi connectivity index (χ0n) is 13.9. The minimum Gasteiger partial charge on any atom is -0.297 e. The first-order chi connectivity index (χ1) is 9.92. The lowest BCUT2D eigenvalue weighted by Gasteiger charge is -2.51. The number of piperidine rings is 1. The summed E-state index contributed by atoms with van der Waals surface area (Å²) in [5.74, 6) is 0.680. The van der Waals surface area contributed by atoms with Gasteiger partial charge in [0.1, 0.15) is 0 Å². The topological polar surface area (TPSA) is 46.6 Å². The van der Waals surface area contributed by atoms with Crippen LogP contribution in [0.25, 0.3) is 0 Å². The van der Waals surface area contributed by atoms with Crippen LogP contribution in [0.4, 0.5) is 0 Å². The Bertz CT molecular complexity index is 437. The first-order valence-electron chi connectivity index (χ1n) is 8.56. The van der Waals surface area contributed by atoms with Crippen LogP contribution in [0.1, 0.15) is 59.3 Å². The summed E-state index contributed by atoms with van der Waals surface area (Å²) in [5.41, 5.74) is 0. The fourth-order valence-electron chi connectivity index (χ4n) is 4.72. The van der Waals surface area contributed by atoms with Gasteiger partial charge in [-0.05, 0) is 38.6 Å². The Morgan fingerprint density at radius 3 is 2.33 bits per heavy atom. The van der Waals surface area contributed by atoms with E-state index in [2.05, 4.69) is 25.7 Å². The van der Waals surface area contributed by atoms with E-state index in [1.165, 1.54) is 25.6 Å². The quantitative estimate of drug-likeness (QED) is 0.707. The second kappa shape index (κ2) is 6.97. The molecule has 0 bridgehead atoms. The molecular formula is C16H31NO3S. The van der Waals surface area contributed by atoms with E-state index >= 15 is 0 Å². The maximum absolute atomic E-state index is 11.7. The summed E-state index contributed by atoms with van der Waals surface area (Å²) in [6.07, 6.45) is 7.78. The minimum atomic E-state index is -3.40. The average Bonchev–Trinajstić information content (AvgIpc) is 2.86. The molecule has 2 rings (SSSR count). The van der Waals surface area contributed by atoms with Crippen LogP contribution < -0.4 is 0 Å². The van der Waals surface area contributed by atoms with Crippen molar-refractivity contribution >= 4 is 10.1 Å². The van der Waals surface area contributed by atoms with Crippen molar-refractivity contribution in [3.05, 3.63) is 0 Å². The van der Waals surface area contributed by atoms with Crippen LogP contribution in [0, 0.1) is 11.8 Å². The van der Waals surface area contributed by atoms with E-state index in [1.54, 1.807) is 0 Å². The molecule has 5 atom stereocenters. The van der Waals surface area contributed by atoms with Crippen LogP contribution in [-0.2, 0) is 14.3 Å². The Morgan fingerprint density at radius 2 is 1.81 bits per heavy atom. The predicted octanol–water partition coefficient (Wildman–Crippen LogP) is 3.03. The van der Waals surface area contributed by atoms with Gasteiger partial charge in [-0.15, -0.1) is 0 Å². The zero-order valence-corrected chi connectivity index (χ0v) is 14.7. The maximum Gasteiger partial charge on any atom is 0.264 e. The van der Waals surface area contributed by atoms with Crippen LogP contribution in [0.2, 0.25) is 0 Å². The Morgan fingerprint density at radius 1 is 1.14 bits per heavy atom. The molecule has 0 aliphatic carbocycles. The monoisotopic (exact) mass is 317 g/mol. The second-order valence-corrected chi connectivity index (χ2v) is 8.31. The molecule has 5 heteroatoms. The van der Waals surface area contributed by atoms with Gasteiger partial charge in [-0.2, -0.15) is 8.42 Å². The largest absolute Gasteiger partial charge is 0.297 e. The summed E-state index contributed by atoms with van der Waals surface area (Å²) in [5, 5.41) is 0. The Hall–Kier alpha value is -0.130. The summed E-state index contributed by atoms with van der Waals surface area (Å²) >= 11 is 0. The van der Waals surface area contributed by atoms with E-state index in [9.17, 15) is 8.42 Å². The summed E-state index contributed by atoms with van der Waals surface area (Å²) in [6.45, 7) is 7.74. The average molecular weight is 317 g/mol. The molecular weight excluding hydrogens is 286 g/mol. The third kappa shape index (κ3) is 3.62. The van der Waals surface area contributed by atoms with Crippen LogP contribution in [0.3, 0.4) is 0 Å². The number of hydrogen-bond acceptors (Lipinski definition) is 4. The maximum atomic E-state index is 11.7. The molecule has 2 saturated heterocycles. The standard InChI is InChI=1S/C16H31NO3S/c1-5-9-14-12(6-2)16(20-21(4,18)19)13(7-3)15-10-8-11-17(14)15/h12-16H,5-11H2,1-4H3/t12-,13-,14+,15-,16-/m0/s1. The van der Waals surface area contributed by atoms with Crippen LogP contribution in [0.5, 0.6) is 0 Å². The Labute approximate surface area is 130 Å². The molecule has 0 radical (unpaired) electrons. The lowest BCUT2D eigenvalue weighted by Crippen LogP contribution is -2.59. The molecule has 0 spiro atoms. The highest BCUT2D eigenvalue weighted by molar-refractivity contribution is 7.86. The van der Waals surface area contributed by atoms with Crippen molar-refractivity contribution in [2.24, 2.45) is 11.8 Å². The van der Waals surface area contributed by atoms with Crippen LogP contribution in [-0.4, -0.2) is 44.3 Å². The first-order valence-corrected chi connectivity index (χ1v) is 10.4. The summed E-state index contributed by atoms with van der Waals surface area (Å²) in [6, 6.07) is 1.00. The van der Waals surface area contributed by atoms with Crippen LogP contribution >= 0.6 is 0 Å². The molecule has 0 unspecified atom stereocenters. The van der Waals surface area contributed by atoms with Crippen molar-refractivity contribution < 1.29 is 12.6 Å². The van der Waals surface area contributed by atoms with Crippen molar-refractivity contribution in [1.29, 1.82) is 0 Å². The van der Waals surface area contributed by atoms with Gasteiger partial charge >= 0.3 is 0 Å². The van der Waals surface area contributed by atoms with Gasteiger partial charge in [-0.3, -0.25) is 9.08 Å². The smallest absolute Gasteiger partial charge is 0.264 e. The lowest BCUT2D eigenvalue weighted by atomic mass is 9.73. The van der Waals surface area contributed by atoms with E-state index in [0.29, 0.717) is 23.9 Å². The van der Waals surface area contributed by atoms with Crippen molar-refractivity contribution in [2.75, 3.05) is 12.8 Å². The molecule has 124 valence electrons. The fourth-order valence-corrected chi connectivity index (χ4v) is 5.41. The number of nitrogens with zero attached hydrogens (tertiary/aromatic N) is 1. The van der Waals surface area contributed by atoms with Crippen LogP contribution in [0.15, 0.2) is 0 Å². The van der Waals surface area contributed by atoms with Gasteiger partial charge in [0.25, 0.3) is 10.1 Å². The molecule has 21 heavy (non-hydrogen) atoms. The van der Waals surface area contributed by atoms with E-state index in [1.807, 2.05) is 0 Å². The predicted molar refractivity (Wildman–Crippen MR) is 85.7 cm³/mol. The van der Waals surface area contributed by atoms with Gasteiger partial charge in [0.15, 0.2) is 0 Å². The first kappa shape index (κ1) is 17.2. The van der Waals surface area contributed by atoms with Gasteiger partial charge in [-0.1, -0.05) is 27.2 Å². The third-order valence-electron chi connectivity index (χ3n) is 5.41. The summed E-state index contributed by atoms with van der Waals surface area (Å²) < 4.78 is 29.1. The Balaban J connectivity index is 2.33. The highest BCUT2D eigenvalue weighted by Gasteiger charge is 2.50. The fraction of sp³-hybridized carbons (Fsp3) is 1.00. The molecule has 0 aromatic heterocycles. The van der Waals surface area contributed by atoms with E-state index in [4.69, 9.17) is 4.18 Å². The third-order valence-corrected chi connectivity index (χ3v) is 5.99. The van der Waals surface area contributed by atoms with Crippen molar-refractivity contribution in [3.8, 4) is 0 Å². The molecule has 0 aromatic carbocycles. The summed E-state index contributed by atoms with van der Waals surface area (Å²) in [7, 11) is -3.40. The number of fused-ring (bicyclic) bond motifs is 1. The second-order valence-electron chi connectivity index (χ2n) is 6.71. The van der Waals surface area contributed by atoms with Gasteiger partial charge in [-0.25, -0.2) is 0 Å². The highest BCUT2D eigenvalue weighted by atomic mass is 32.2. The van der Waals surface area contributed by atoms with Gasteiger partial charge < -0.3 is 0 Å². The molecule has 0 aromatic rings. The van der Waals surface area contributed by atoms with Gasteiger partial charge in [0.2, 0.25) is 0 Å². The minimum absolute atomic E-state index is 0.133. The normalized spacial score (nSPS) is 37.6. The zero-order chi connectivity index (χ0) is 15.6.